The predicted octanol–water partition coefficient (Wildman–Crippen LogP) is 3.20. The lowest BCUT2D eigenvalue weighted by Gasteiger charge is -2.23. The molecule has 1 aliphatic carbocycles. The minimum Gasteiger partial charge on any atom is -0.480 e. The van der Waals surface area contributed by atoms with Gasteiger partial charge in [-0.05, 0) is 24.3 Å². The van der Waals surface area contributed by atoms with Crippen molar-refractivity contribution in [3.05, 3.63) is 35.9 Å². The van der Waals surface area contributed by atoms with Crippen LogP contribution in [0, 0.1) is 5.92 Å². The van der Waals surface area contributed by atoms with Gasteiger partial charge in [0.15, 0.2) is 0 Å². The van der Waals surface area contributed by atoms with Crippen LogP contribution in [0.5, 0.6) is 0 Å². The minimum absolute atomic E-state index is 0.281. The first-order valence-electron chi connectivity index (χ1n) is 7.27. The summed E-state index contributed by atoms with van der Waals surface area (Å²) in [5.74, 6) is -0.424. The van der Waals surface area contributed by atoms with E-state index in [0.29, 0.717) is 6.54 Å². The average Bonchev–Trinajstić information content (AvgIpc) is 2.69. The van der Waals surface area contributed by atoms with Gasteiger partial charge in [0, 0.05) is 6.54 Å². The van der Waals surface area contributed by atoms with Gasteiger partial charge in [-0.2, -0.15) is 0 Å². The molecule has 104 valence electrons. The summed E-state index contributed by atoms with van der Waals surface area (Å²) >= 11 is 0. The quantitative estimate of drug-likeness (QED) is 0.800. The predicted molar refractivity (Wildman–Crippen MR) is 75.9 cm³/mol. The molecule has 19 heavy (non-hydrogen) atoms. The maximum absolute atomic E-state index is 11.5. The lowest BCUT2D eigenvalue weighted by molar-refractivity contribution is -0.141. The van der Waals surface area contributed by atoms with Gasteiger partial charge in [0.2, 0.25) is 0 Å². The van der Waals surface area contributed by atoms with Crippen LogP contribution in [0.4, 0.5) is 0 Å². The van der Waals surface area contributed by atoms with Gasteiger partial charge in [-0.25, -0.2) is 0 Å². The third kappa shape index (κ3) is 4.35. The third-order valence-corrected chi connectivity index (χ3v) is 4.01. The molecule has 0 amide bonds. The van der Waals surface area contributed by atoms with Crippen LogP contribution in [0.25, 0.3) is 0 Å². The minimum atomic E-state index is -0.706. The lowest BCUT2D eigenvalue weighted by atomic mass is 9.91. The fourth-order valence-electron chi connectivity index (χ4n) is 2.92. The van der Waals surface area contributed by atoms with E-state index in [1.54, 1.807) is 0 Å². The van der Waals surface area contributed by atoms with E-state index in [9.17, 15) is 9.90 Å². The number of hydrogen-bond acceptors (Lipinski definition) is 2. The van der Waals surface area contributed by atoms with E-state index in [2.05, 4.69) is 5.32 Å². The van der Waals surface area contributed by atoms with Crippen molar-refractivity contribution in [1.82, 2.24) is 5.32 Å². The van der Waals surface area contributed by atoms with Gasteiger partial charge < -0.3 is 10.4 Å². The van der Waals surface area contributed by atoms with E-state index in [1.165, 1.54) is 25.7 Å². The average molecular weight is 261 g/mol. The first-order chi connectivity index (χ1) is 9.27. The third-order valence-electron chi connectivity index (χ3n) is 4.01. The molecule has 1 saturated carbocycles. The van der Waals surface area contributed by atoms with Gasteiger partial charge in [-0.1, -0.05) is 56.0 Å². The zero-order valence-electron chi connectivity index (χ0n) is 11.3. The van der Waals surface area contributed by atoms with Crippen LogP contribution >= 0.6 is 0 Å². The molecule has 1 aromatic carbocycles. The van der Waals surface area contributed by atoms with Gasteiger partial charge in [0.05, 0.1) is 0 Å². The molecule has 2 rings (SSSR count). The SMILES string of the molecule is O=C(O)C(NCc1ccccc1)C1CCCCCC1. The molecule has 1 aliphatic rings. The Hall–Kier alpha value is -1.35. The van der Waals surface area contributed by atoms with E-state index in [0.717, 1.165) is 18.4 Å². The molecular formula is C16H23NO2. The second-order valence-electron chi connectivity index (χ2n) is 5.43. The fraction of sp³-hybridized carbons (Fsp3) is 0.562. The van der Waals surface area contributed by atoms with Crippen LogP contribution in [-0.4, -0.2) is 17.1 Å². The molecule has 0 bridgehead atoms. The van der Waals surface area contributed by atoms with E-state index >= 15 is 0 Å². The van der Waals surface area contributed by atoms with Gasteiger partial charge in [-0.3, -0.25) is 4.79 Å². The van der Waals surface area contributed by atoms with Crippen LogP contribution in [0.15, 0.2) is 30.3 Å². The van der Waals surface area contributed by atoms with Crippen molar-refractivity contribution >= 4 is 5.97 Å². The number of carboxylic acids is 1. The number of carbonyl (C=O) groups is 1. The number of benzene rings is 1. The van der Waals surface area contributed by atoms with Crippen molar-refractivity contribution in [3.63, 3.8) is 0 Å². The molecule has 0 saturated heterocycles. The molecule has 2 N–H and O–H groups in total. The smallest absolute Gasteiger partial charge is 0.320 e. The lowest BCUT2D eigenvalue weighted by Crippen LogP contribution is -2.42. The van der Waals surface area contributed by atoms with Crippen molar-refractivity contribution in [2.75, 3.05) is 0 Å². The maximum Gasteiger partial charge on any atom is 0.320 e. The summed E-state index contributed by atoms with van der Waals surface area (Å²) in [7, 11) is 0. The van der Waals surface area contributed by atoms with Crippen molar-refractivity contribution in [2.45, 2.75) is 51.1 Å². The van der Waals surface area contributed by atoms with Gasteiger partial charge in [-0.15, -0.1) is 0 Å². The molecule has 1 aromatic rings. The van der Waals surface area contributed by atoms with Crippen LogP contribution < -0.4 is 5.32 Å². The van der Waals surface area contributed by atoms with Crippen molar-refractivity contribution < 1.29 is 9.90 Å². The first-order valence-corrected chi connectivity index (χ1v) is 7.27. The molecule has 0 spiro atoms. The number of aliphatic carboxylic acids is 1. The Labute approximate surface area is 115 Å². The highest BCUT2D eigenvalue weighted by Gasteiger charge is 2.27. The molecule has 0 radical (unpaired) electrons. The molecule has 1 atom stereocenters. The molecule has 0 aliphatic heterocycles. The Bertz CT molecular complexity index is 383. The summed E-state index contributed by atoms with van der Waals surface area (Å²) in [6.45, 7) is 0.633. The summed E-state index contributed by atoms with van der Waals surface area (Å²) in [5, 5.41) is 12.7. The fourth-order valence-corrected chi connectivity index (χ4v) is 2.92. The Balaban J connectivity index is 1.93. The molecule has 1 fully saturated rings. The Kier molecular flexibility index (Phi) is 5.40. The number of nitrogens with one attached hydrogen (secondary N) is 1. The summed E-state index contributed by atoms with van der Waals surface area (Å²) in [5.41, 5.74) is 1.14. The maximum atomic E-state index is 11.5. The monoisotopic (exact) mass is 261 g/mol. The zero-order valence-corrected chi connectivity index (χ0v) is 11.3. The van der Waals surface area contributed by atoms with E-state index in [-0.39, 0.29) is 5.92 Å². The second-order valence-corrected chi connectivity index (χ2v) is 5.43. The Morgan fingerprint density at radius 3 is 2.37 bits per heavy atom. The molecular weight excluding hydrogens is 238 g/mol. The van der Waals surface area contributed by atoms with Gasteiger partial charge >= 0.3 is 5.97 Å². The van der Waals surface area contributed by atoms with Gasteiger partial charge in [0.25, 0.3) is 0 Å². The van der Waals surface area contributed by atoms with E-state index < -0.39 is 12.0 Å². The van der Waals surface area contributed by atoms with Crippen molar-refractivity contribution in [2.24, 2.45) is 5.92 Å². The molecule has 1 unspecified atom stereocenters. The zero-order chi connectivity index (χ0) is 13.5. The molecule has 3 heteroatoms. The summed E-state index contributed by atoms with van der Waals surface area (Å²) < 4.78 is 0. The van der Waals surface area contributed by atoms with Gasteiger partial charge in [0.1, 0.15) is 6.04 Å². The first kappa shape index (κ1) is 14.1. The van der Waals surface area contributed by atoms with E-state index in [1.807, 2.05) is 30.3 Å². The van der Waals surface area contributed by atoms with E-state index in [4.69, 9.17) is 0 Å². The summed E-state index contributed by atoms with van der Waals surface area (Å²) in [4.78, 5) is 11.5. The Morgan fingerprint density at radius 1 is 1.16 bits per heavy atom. The standard InChI is InChI=1S/C16H23NO2/c18-16(19)15(14-10-6-1-2-7-11-14)17-12-13-8-4-3-5-9-13/h3-5,8-9,14-15,17H,1-2,6-7,10-12H2,(H,18,19). The van der Waals surface area contributed by atoms with Crippen molar-refractivity contribution in [1.29, 1.82) is 0 Å². The largest absolute Gasteiger partial charge is 0.480 e. The normalized spacial score (nSPS) is 18.7. The molecule has 0 aromatic heterocycles. The Morgan fingerprint density at radius 2 is 1.79 bits per heavy atom. The molecule has 0 heterocycles. The summed E-state index contributed by atoms with van der Waals surface area (Å²) in [6.07, 6.45) is 6.92. The van der Waals surface area contributed by atoms with Crippen molar-refractivity contribution in [3.8, 4) is 0 Å². The highest BCUT2D eigenvalue weighted by molar-refractivity contribution is 5.73. The van der Waals surface area contributed by atoms with Crippen LogP contribution in [0.2, 0.25) is 0 Å². The van der Waals surface area contributed by atoms with Crippen LogP contribution in [-0.2, 0) is 11.3 Å². The summed E-state index contributed by atoms with van der Waals surface area (Å²) in [6, 6.07) is 9.59. The number of rotatable bonds is 5. The van der Waals surface area contributed by atoms with Crippen LogP contribution in [0.1, 0.15) is 44.1 Å². The topological polar surface area (TPSA) is 49.3 Å². The second kappa shape index (κ2) is 7.29. The number of carboxylic acid groups (broad SMARTS) is 1. The highest BCUT2D eigenvalue weighted by atomic mass is 16.4. The van der Waals surface area contributed by atoms with Crippen LogP contribution in [0.3, 0.4) is 0 Å². The number of hydrogen-bond donors (Lipinski definition) is 2. The molecule has 3 nitrogen and oxygen atoms in total. The highest BCUT2D eigenvalue weighted by Crippen LogP contribution is 2.26.